The zero-order valence-electron chi connectivity index (χ0n) is 18.3. The van der Waals surface area contributed by atoms with Crippen molar-refractivity contribution >= 4 is 23.2 Å². The Balaban J connectivity index is 1.60. The van der Waals surface area contributed by atoms with Crippen LogP contribution in [0.1, 0.15) is 29.7 Å². The number of nitrogens with zero attached hydrogens (tertiary/aromatic N) is 2. The van der Waals surface area contributed by atoms with E-state index in [1.54, 1.807) is 28.4 Å². The van der Waals surface area contributed by atoms with E-state index < -0.39 is 0 Å². The molecule has 1 aliphatic rings. The molecule has 31 heavy (non-hydrogen) atoms. The molecule has 0 N–H and O–H groups in total. The van der Waals surface area contributed by atoms with Crippen molar-refractivity contribution in [2.24, 2.45) is 5.92 Å². The van der Waals surface area contributed by atoms with Crippen LogP contribution in [0.25, 0.3) is 0 Å². The predicted molar refractivity (Wildman–Crippen MR) is 120 cm³/mol. The Kier molecular flexibility index (Phi) is 8.60. The van der Waals surface area contributed by atoms with Gasteiger partial charge < -0.3 is 14.5 Å². The van der Waals surface area contributed by atoms with E-state index in [2.05, 4.69) is 6.07 Å². The average molecular weight is 447 g/mol. The number of aryl methyl sites for hydroxylation is 1. The molecule has 7 heteroatoms. The minimum Gasteiger partial charge on any atom is -0.375 e. The van der Waals surface area contributed by atoms with Crippen LogP contribution in [0.2, 0.25) is 0 Å². The van der Waals surface area contributed by atoms with Gasteiger partial charge in [0, 0.05) is 44.6 Å². The summed E-state index contributed by atoms with van der Waals surface area (Å²) in [6, 6.07) is 10.5. The van der Waals surface area contributed by atoms with Crippen molar-refractivity contribution in [3.63, 3.8) is 0 Å². The van der Waals surface area contributed by atoms with E-state index in [1.165, 1.54) is 24.1 Å². The Morgan fingerprint density at radius 1 is 1.23 bits per heavy atom. The summed E-state index contributed by atoms with van der Waals surface area (Å²) < 4.78 is 18.4. The van der Waals surface area contributed by atoms with E-state index in [9.17, 15) is 14.0 Å². The Morgan fingerprint density at radius 3 is 2.55 bits per heavy atom. The number of thiophene rings is 1. The van der Waals surface area contributed by atoms with Gasteiger partial charge in [0.2, 0.25) is 11.8 Å². The van der Waals surface area contributed by atoms with Crippen LogP contribution in [0.3, 0.4) is 0 Å². The number of rotatable bonds is 9. The van der Waals surface area contributed by atoms with Crippen molar-refractivity contribution in [2.45, 2.75) is 38.1 Å². The highest BCUT2D eigenvalue weighted by molar-refractivity contribution is 7.09. The maximum atomic E-state index is 13.3. The molecule has 0 bridgehead atoms. The maximum Gasteiger partial charge on any atom is 0.248 e. The van der Waals surface area contributed by atoms with Gasteiger partial charge in [-0.15, -0.1) is 11.3 Å². The average Bonchev–Trinajstić information content (AvgIpc) is 3.31. The fourth-order valence-electron chi connectivity index (χ4n) is 4.27. The number of carbonyl (C=O) groups is 2. The van der Waals surface area contributed by atoms with Gasteiger partial charge >= 0.3 is 0 Å². The zero-order chi connectivity index (χ0) is 22.2. The third kappa shape index (κ3) is 6.61. The lowest BCUT2D eigenvalue weighted by atomic mass is 9.84. The van der Waals surface area contributed by atoms with Crippen molar-refractivity contribution in [1.29, 1.82) is 0 Å². The number of ether oxygens (including phenoxy) is 1. The smallest absolute Gasteiger partial charge is 0.248 e. The molecule has 1 aliphatic heterocycles. The van der Waals surface area contributed by atoms with Crippen LogP contribution in [-0.4, -0.2) is 61.5 Å². The first kappa shape index (κ1) is 23.4. The first-order valence-electron chi connectivity index (χ1n) is 10.8. The second-order valence-corrected chi connectivity index (χ2v) is 9.17. The molecule has 0 saturated carbocycles. The Bertz CT molecular complexity index is 833. The molecule has 0 aliphatic carbocycles. The molecule has 3 rings (SSSR count). The number of likely N-dealkylation sites (tertiary alicyclic amines) is 1. The molecule has 168 valence electrons. The third-order valence-corrected chi connectivity index (χ3v) is 7.05. The first-order valence-corrected chi connectivity index (χ1v) is 11.6. The quantitative estimate of drug-likeness (QED) is 0.589. The van der Waals surface area contributed by atoms with Crippen LogP contribution in [0.5, 0.6) is 0 Å². The summed E-state index contributed by atoms with van der Waals surface area (Å²) >= 11 is 1.69. The fourth-order valence-corrected chi connectivity index (χ4v) is 4.98. The lowest BCUT2D eigenvalue weighted by Crippen LogP contribution is -2.49. The minimum absolute atomic E-state index is 0.0171. The molecular weight excluding hydrogens is 415 g/mol. The summed E-state index contributed by atoms with van der Waals surface area (Å²) in [5.74, 6) is 0.144. The topological polar surface area (TPSA) is 49.9 Å². The number of halogens is 1. The molecule has 2 heterocycles. The van der Waals surface area contributed by atoms with Gasteiger partial charge in [-0.2, -0.15) is 0 Å². The lowest BCUT2D eigenvalue weighted by Gasteiger charge is -2.40. The number of carbonyl (C=O) groups excluding carboxylic acids is 2. The molecule has 2 aromatic rings. The van der Waals surface area contributed by atoms with Gasteiger partial charge in [0.05, 0.1) is 0 Å². The molecule has 0 spiro atoms. The van der Waals surface area contributed by atoms with Crippen molar-refractivity contribution in [2.75, 3.05) is 33.9 Å². The highest BCUT2D eigenvalue weighted by Gasteiger charge is 2.32. The molecular formula is C24H31FN2O3S. The molecule has 1 aromatic carbocycles. The largest absolute Gasteiger partial charge is 0.375 e. The standard InChI is InChI=1S/C24H31FN2O3S/c1-26(24(29)17-30-2)22(16-18-5-7-20(25)8-6-18)19-11-13-27(14-12-19)23(28)10-9-21-4-3-15-31-21/h3-8,15,19,22H,9-14,16-17H2,1-2H3. The summed E-state index contributed by atoms with van der Waals surface area (Å²) in [6.45, 7) is 1.46. The van der Waals surface area contributed by atoms with E-state index >= 15 is 0 Å². The third-order valence-electron chi connectivity index (χ3n) is 6.12. The number of benzene rings is 1. The number of hydrogen-bond acceptors (Lipinski definition) is 4. The van der Waals surface area contributed by atoms with Crippen LogP contribution < -0.4 is 0 Å². The molecule has 1 fully saturated rings. The normalized spacial score (nSPS) is 15.6. The van der Waals surface area contributed by atoms with Crippen LogP contribution in [0.15, 0.2) is 41.8 Å². The molecule has 0 radical (unpaired) electrons. The van der Waals surface area contributed by atoms with Gasteiger partial charge in [-0.3, -0.25) is 9.59 Å². The Morgan fingerprint density at radius 2 is 1.94 bits per heavy atom. The van der Waals surface area contributed by atoms with Gasteiger partial charge in [-0.05, 0) is 60.7 Å². The fraction of sp³-hybridized carbons (Fsp3) is 0.500. The number of likely N-dealkylation sites (N-methyl/N-ethyl adjacent to an activating group) is 1. The van der Waals surface area contributed by atoms with Crippen LogP contribution in [0, 0.1) is 11.7 Å². The van der Waals surface area contributed by atoms with Crippen LogP contribution in [0.4, 0.5) is 4.39 Å². The summed E-state index contributed by atoms with van der Waals surface area (Å²) in [5, 5.41) is 2.04. The highest BCUT2D eigenvalue weighted by atomic mass is 32.1. The number of amides is 2. The van der Waals surface area contributed by atoms with Crippen molar-refractivity contribution < 1.29 is 18.7 Å². The summed E-state index contributed by atoms with van der Waals surface area (Å²) in [4.78, 5) is 30.1. The molecule has 1 unspecified atom stereocenters. The summed E-state index contributed by atoms with van der Waals surface area (Å²) in [5.41, 5.74) is 0.998. The van der Waals surface area contributed by atoms with Gasteiger partial charge in [0.25, 0.3) is 0 Å². The maximum absolute atomic E-state index is 13.3. The molecule has 1 atom stereocenters. The summed E-state index contributed by atoms with van der Waals surface area (Å²) in [7, 11) is 3.33. The van der Waals surface area contributed by atoms with E-state index in [0.29, 0.717) is 25.9 Å². The van der Waals surface area contributed by atoms with Gasteiger partial charge in [-0.25, -0.2) is 4.39 Å². The molecule has 5 nitrogen and oxygen atoms in total. The first-order chi connectivity index (χ1) is 15.0. The number of methoxy groups -OCH3 is 1. The molecule has 1 saturated heterocycles. The van der Waals surface area contributed by atoms with E-state index in [0.717, 1.165) is 24.8 Å². The SMILES string of the molecule is COCC(=O)N(C)C(Cc1ccc(F)cc1)C1CCN(C(=O)CCc2cccs2)CC1. The monoisotopic (exact) mass is 446 g/mol. The number of hydrogen-bond donors (Lipinski definition) is 0. The zero-order valence-corrected chi connectivity index (χ0v) is 19.1. The van der Waals surface area contributed by atoms with E-state index in [-0.39, 0.29) is 36.2 Å². The predicted octanol–water partition coefficient (Wildman–Crippen LogP) is 3.77. The number of piperidine rings is 1. The second-order valence-electron chi connectivity index (χ2n) is 8.13. The van der Waals surface area contributed by atoms with E-state index in [4.69, 9.17) is 4.74 Å². The molecule has 2 amide bonds. The van der Waals surface area contributed by atoms with Crippen molar-refractivity contribution in [3.05, 3.63) is 58.0 Å². The Labute approximate surface area is 187 Å². The van der Waals surface area contributed by atoms with Crippen LogP contribution in [-0.2, 0) is 27.2 Å². The van der Waals surface area contributed by atoms with Crippen molar-refractivity contribution in [1.82, 2.24) is 9.80 Å². The Hall–Kier alpha value is -2.25. The second kappa shape index (κ2) is 11.4. The van der Waals surface area contributed by atoms with Gasteiger partial charge in [0.15, 0.2) is 0 Å². The minimum atomic E-state index is -0.265. The summed E-state index contributed by atoms with van der Waals surface area (Å²) in [6.07, 6.45) is 3.68. The molecule has 1 aromatic heterocycles. The lowest BCUT2D eigenvalue weighted by molar-refractivity contribution is -0.139. The highest BCUT2D eigenvalue weighted by Crippen LogP contribution is 2.27. The van der Waals surface area contributed by atoms with Crippen molar-refractivity contribution in [3.8, 4) is 0 Å². The van der Waals surface area contributed by atoms with Gasteiger partial charge in [-0.1, -0.05) is 18.2 Å². The van der Waals surface area contributed by atoms with Gasteiger partial charge in [0.1, 0.15) is 12.4 Å². The van der Waals surface area contributed by atoms with Crippen LogP contribution >= 0.6 is 11.3 Å². The van der Waals surface area contributed by atoms with E-state index in [1.807, 2.05) is 23.4 Å².